The molecule has 0 aliphatic rings. The van der Waals surface area contributed by atoms with Gasteiger partial charge in [-0.1, -0.05) is 23.7 Å². The van der Waals surface area contributed by atoms with Crippen LogP contribution >= 0.6 is 11.6 Å². The summed E-state index contributed by atoms with van der Waals surface area (Å²) in [7, 11) is 1.73. The average molecular weight is 305 g/mol. The van der Waals surface area contributed by atoms with Crippen molar-refractivity contribution in [2.24, 2.45) is 5.84 Å². The van der Waals surface area contributed by atoms with Crippen molar-refractivity contribution in [2.45, 2.75) is 13.5 Å². The van der Waals surface area contributed by atoms with Gasteiger partial charge in [0.2, 0.25) is 0 Å². The van der Waals surface area contributed by atoms with E-state index in [-0.39, 0.29) is 5.91 Å². The van der Waals surface area contributed by atoms with E-state index >= 15 is 0 Å². The van der Waals surface area contributed by atoms with Crippen molar-refractivity contribution < 1.29 is 4.79 Å². The molecule has 0 saturated carbocycles. The Morgan fingerprint density at radius 2 is 2.19 bits per heavy atom. The van der Waals surface area contributed by atoms with Crippen LogP contribution in [-0.2, 0) is 6.54 Å². The van der Waals surface area contributed by atoms with Crippen LogP contribution in [0.1, 0.15) is 21.6 Å². The highest BCUT2D eigenvalue weighted by Crippen LogP contribution is 2.18. The number of rotatable bonds is 4. The lowest BCUT2D eigenvalue weighted by atomic mass is 10.1. The predicted molar refractivity (Wildman–Crippen MR) is 84.0 cm³/mol. The second-order valence-electron chi connectivity index (χ2n) is 4.81. The van der Waals surface area contributed by atoms with Crippen LogP contribution in [0, 0.1) is 6.92 Å². The van der Waals surface area contributed by atoms with E-state index in [9.17, 15) is 4.79 Å². The molecule has 21 heavy (non-hydrogen) atoms. The number of anilines is 1. The number of aromatic nitrogens is 1. The lowest BCUT2D eigenvalue weighted by molar-refractivity contribution is 0.0785. The standard InChI is InChI=1S/C15H17ClN4O/c1-10-6-14(19-17)13(8-18-10)15(21)20(2)9-11-4-3-5-12(16)7-11/h3-8H,9,17H2,1-2H3,(H,18,19). The lowest BCUT2D eigenvalue weighted by Gasteiger charge is -2.19. The third kappa shape index (κ3) is 3.71. The molecule has 0 aliphatic heterocycles. The lowest BCUT2D eigenvalue weighted by Crippen LogP contribution is -2.27. The Morgan fingerprint density at radius 1 is 1.43 bits per heavy atom. The van der Waals surface area contributed by atoms with E-state index in [1.165, 1.54) is 6.20 Å². The Morgan fingerprint density at radius 3 is 2.86 bits per heavy atom. The number of hydrogen-bond donors (Lipinski definition) is 2. The third-order valence-electron chi connectivity index (χ3n) is 3.08. The summed E-state index contributed by atoms with van der Waals surface area (Å²) in [6.45, 7) is 2.29. The highest BCUT2D eigenvalue weighted by atomic mass is 35.5. The SMILES string of the molecule is Cc1cc(NN)c(C(=O)N(C)Cc2cccc(Cl)c2)cn1. The maximum Gasteiger partial charge on any atom is 0.257 e. The van der Waals surface area contributed by atoms with Crippen LogP contribution in [0.25, 0.3) is 0 Å². The van der Waals surface area contributed by atoms with Crippen LogP contribution in [0.2, 0.25) is 5.02 Å². The molecule has 6 heteroatoms. The number of pyridine rings is 1. The second kappa shape index (κ2) is 6.56. The summed E-state index contributed by atoms with van der Waals surface area (Å²) < 4.78 is 0. The first kappa shape index (κ1) is 15.3. The Labute approximate surface area is 128 Å². The molecule has 5 nitrogen and oxygen atoms in total. The molecular formula is C15H17ClN4O. The molecule has 0 aliphatic carbocycles. The zero-order valence-corrected chi connectivity index (χ0v) is 12.7. The van der Waals surface area contributed by atoms with Gasteiger partial charge in [0.05, 0.1) is 11.3 Å². The van der Waals surface area contributed by atoms with Crippen LogP contribution in [-0.4, -0.2) is 22.8 Å². The quantitative estimate of drug-likeness (QED) is 0.673. The van der Waals surface area contributed by atoms with Gasteiger partial charge in [-0.15, -0.1) is 0 Å². The van der Waals surface area contributed by atoms with Crippen molar-refractivity contribution in [3.63, 3.8) is 0 Å². The molecular weight excluding hydrogens is 288 g/mol. The van der Waals surface area contributed by atoms with E-state index in [1.54, 1.807) is 24.1 Å². The number of hydrazine groups is 1. The largest absolute Gasteiger partial charge is 0.337 e. The first-order valence-electron chi connectivity index (χ1n) is 6.44. The fourth-order valence-corrected chi connectivity index (χ4v) is 2.25. The molecule has 0 unspecified atom stereocenters. The van der Waals surface area contributed by atoms with Gasteiger partial charge in [0.25, 0.3) is 5.91 Å². The highest BCUT2D eigenvalue weighted by Gasteiger charge is 2.16. The van der Waals surface area contributed by atoms with Gasteiger partial charge < -0.3 is 10.3 Å². The first-order chi connectivity index (χ1) is 10.0. The number of halogens is 1. The van der Waals surface area contributed by atoms with Crippen LogP contribution in [0.3, 0.4) is 0 Å². The number of carbonyl (C=O) groups is 1. The van der Waals surface area contributed by atoms with Gasteiger partial charge in [0.1, 0.15) is 0 Å². The van der Waals surface area contributed by atoms with Crippen molar-refractivity contribution in [1.29, 1.82) is 0 Å². The van der Waals surface area contributed by atoms with Crippen molar-refractivity contribution >= 4 is 23.2 Å². The Bertz CT molecular complexity index is 660. The van der Waals surface area contributed by atoms with E-state index in [0.717, 1.165) is 11.3 Å². The molecule has 0 atom stereocenters. The molecule has 1 amide bonds. The van der Waals surface area contributed by atoms with Gasteiger partial charge in [-0.25, -0.2) is 0 Å². The average Bonchev–Trinajstić information content (AvgIpc) is 2.46. The van der Waals surface area contributed by atoms with Gasteiger partial charge in [0, 0.05) is 30.5 Å². The van der Waals surface area contributed by atoms with Crippen LogP contribution in [0.5, 0.6) is 0 Å². The van der Waals surface area contributed by atoms with Gasteiger partial charge in [-0.3, -0.25) is 15.6 Å². The molecule has 1 aromatic carbocycles. The van der Waals surface area contributed by atoms with Crippen LogP contribution in [0.4, 0.5) is 5.69 Å². The van der Waals surface area contributed by atoms with Crippen LogP contribution < -0.4 is 11.3 Å². The minimum absolute atomic E-state index is 0.157. The minimum Gasteiger partial charge on any atom is -0.337 e. The second-order valence-corrected chi connectivity index (χ2v) is 5.24. The van der Waals surface area contributed by atoms with E-state index in [0.29, 0.717) is 22.8 Å². The normalized spacial score (nSPS) is 10.3. The summed E-state index contributed by atoms with van der Waals surface area (Å²) in [5, 5.41) is 0.648. The van der Waals surface area contributed by atoms with Gasteiger partial charge in [0.15, 0.2) is 0 Å². The molecule has 0 bridgehead atoms. The number of nitrogen functional groups attached to an aromatic ring is 1. The summed E-state index contributed by atoms with van der Waals surface area (Å²) in [6, 6.07) is 9.15. The van der Waals surface area contributed by atoms with E-state index in [1.807, 2.05) is 25.1 Å². The number of amides is 1. The zero-order chi connectivity index (χ0) is 15.4. The summed E-state index contributed by atoms with van der Waals surface area (Å²) in [5.74, 6) is 5.31. The van der Waals surface area contributed by atoms with Crippen molar-refractivity contribution in [2.75, 3.05) is 12.5 Å². The number of aryl methyl sites for hydroxylation is 1. The van der Waals surface area contributed by atoms with Gasteiger partial charge in [-0.05, 0) is 30.7 Å². The molecule has 0 saturated heterocycles. The topological polar surface area (TPSA) is 71.2 Å². The maximum atomic E-state index is 12.5. The maximum absolute atomic E-state index is 12.5. The molecule has 2 aromatic rings. The fourth-order valence-electron chi connectivity index (χ4n) is 2.04. The molecule has 0 fully saturated rings. The van der Waals surface area contributed by atoms with Crippen LogP contribution in [0.15, 0.2) is 36.5 Å². The molecule has 0 radical (unpaired) electrons. The monoisotopic (exact) mass is 304 g/mol. The van der Waals surface area contributed by atoms with Gasteiger partial charge >= 0.3 is 0 Å². The first-order valence-corrected chi connectivity index (χ1v) is 6.82. The number of nitrogens with one attached hydrogen (secondary N) is 1. The molecule has 3 N–H and O–H groups in total. The Kier molecular flexibility index (Phi) is 4.77. The summed E-state index contributed by atoms with van der Waals surface area (Å²) in [5.41, 5.74) is 5.28. The smallest absolute Gasteiger partial charge is 0.257 e. The van der Waals surface area contributed by atoms with E-state index < -0.39 is 0 Å². The van der Waals surface area contributed by atoms with Gasteiger partial charge in [-0.2, -0.15) is 0 Å². The van der Waals surface area contributed by atoms with Crippen molar-refractivity contribution in [3.8, 4) is 0 Å². The summed E-state index contributed by atoms with van der Waals surface area (Å²) >= 11 is 5.95. The Hall–Kier alpha value is -2.11. The van der Waals surface area contributed by atoms with E-state index in [2.05, 4.69) is 10.4 Å². The number of benzene rings is 1. The number of nitrogens with zero attached hydrogens (tertiary/aromatic N) is 2. The molecule has 110 valence electrons. The number of hydrogen-bond acceptors (Lipinski definition) is 4. The predicted octanol–water partition coefficient (Wildman–Crippen LogP) is 2.60. The minimum atomic E-state index is -0.157. The van der Waals surface area contributed by atoms with E-state index in [4.69, 9.17) is 17.4 Å². The zero-order valence-electron chi connectivity index (χ0n) is 11.9. The number of carbonyl (C=O) groups excluding carboxylic acids is 1. The number of nitrogens with two attached hydrogens (primary N) is 1. The summed E-state index contributed by atoms with van der Waals surface area (Å²) in [6.07, 6.45) is 1.53. The molecule has 2 rings (SSSR count). The molecule has 1 heterocycles. The highest BCUT2D eigenvalue weighted by molar-refractivity contribution is 6.30. The fraction of sp³-hybridized carbons (Fsp3) is 0.200. The van der Waals surface area contributed by atoms with Crippen molar-refractivity contribution in [1.82, 2.24) is 9.88 Å². The molecule has 1 aromatic heterocycles. The van der Waals surface area contributed by atoms with Crippen molar-refractivity contribution in [3.05, 3.63) is 58.4 Å². The molecule has 0 spiro atoms. The third-order valence-corrected chi connectivity index (χ3v) is 3.32. The summed E-state index contributed by atoms with van der Waals surface area (Å²) in [4.78, 5) is 18.2. The Balaban J connectivity index is 2.19.